The molecule has 22 heavy (non-hydrogen) atoms. The third kappa shape index (κ3) is 2.98. The van der Waals surface area contributed by atoms with Crippen LogP contribution in [0, 0.1) is 11.6 Å². The average Bonchev–Trinajstić information content (AvgIpc) is 2.92. The molecule has 0 saturated carbocycles. The van der Waals surface area contributed by atoms with Gasteiger partial charge in [0.2, 0.25) is 0 Å². The molecule has 1 heterocycles. The van der Waals surface area contributed by atoms with Crippen LogP contribution in [-0.4, -0.2) is 14.7 Å². The number of aromatic hydroxyl groups is 1. The number of halogens is 2. The maximum atomic E-state index is 13.7. The Hall–Kier alpha value is -2.69. The van der Waals surface area contributed by atoms with E-state index in [4.69, 9.17) is 0 Å². The van der Waals surface area contributed by atoms with Crippen LogP contribution in [0.25, 0.3) is 0 Å². The van der Waals surface area contributed by atoms with Crippen LogP contribution < -0.4 is 0 Å². The molecule has 0 aliphatic carbocycles. The number of hydrogen-bond donors (Lipinski definition) is 1. The normalized spacial score (nSPS) is 10.8. The first-order valence-corrected chi connectivity index (χ1v) is 6.84. The van der Waals surface area contributed by atoms with E-state index >= 15 is 0 Å². The van der Waals surface area contributed by atoms with Crippen molar-refractivity contribution in [2.45, 2.75) is 13.0 Å². The zero-order valence-electron chi connectivity index (χ0n) is 11.7. The van der Waals surface area contributed by atoms with E-state index in [9.17, 15) is 13.9 Å². The number of nitrogens with zero attached hydrogens (tertiary/aromatic N) is 2. The van der Waals surface area contributed by atoms with Crippen molar-refractivity contribution >= 4 is 0 Å². The van der Waals surface area contributed by atoms with Crippen molar-refractivity contribution in [1.82, 2.24) is 9.55 Å². The zero-order valence-corrected chi connectivity index (χ0v) is 11.7. The molecule has 0 spiro atoms. The summed E-state index contributed by atoms with van der Waals surface area (Å²) in [6.45, 7) is 0.435. The molecule has 0 aliphatic heterocycles. The molecule has 1 N–H and O–H groups in total. The summed E-state index contributed by atoms with van der Waals surface area (Å²) in [4.78, 5) is 4.22. The van der Waals surface area contributed by atoms with Gasteiger partial charge in [-0.3, -0.25) is 0 Å². The Bertz CT molecular complexity index is 799. The van der Waals surface area contributed by atoms with Gasteiger partial charge < -0.3 is 9.67 Å². The second-order valence-electron chi connectivity index (χ2n) is 5.01. The minimum absolute atomic E-state index is 0.204. The van der Waals surface area contributed by atoms with E-state index in [0.29, 0.717) is 17.9 Å². The summed E-state index contributed by atoms with van der Waals surface area (Å²) >= 11 is 0. The average molecular weight is 300 g/mol. The van der Waals surface area contributed by atoms with Crippen molar-refractivity contribution in [3.63, 3.8) is 0 Å². The molecule has 0 unspecified atom stereocenters. The maximum Gasteiger partial charge on any atom is 0.129 e. The quantitative estimate of drug-likeness (QED) is 0.800. The van der Waals surface area contributed by atoms with Gasteiger partial charge in [-0.1, -0.05) is 24.3 Å². The molecular formula is C17H14F2N2O. The SMILES string of the molecule is Oc1ccccc1Cn1ccnc1Cc1ccc(F)cc1F. The van der Waals surface area contributed by atoms with Gasteiger partial charge in [-0.25, -0.2) is 13.8 Å². The molecule has 0 saturated heterocycles. The molecule has 0 bridgehead atoms. The Morgan fingerprint density at radius 1 is 1.05 bits per heavy atom. The summed E-state index contributed by atoms with van der Waals surface area (Å²) < 4.78 is 28.5. The van der Waals surface area contributed by atoms with Gasteiger partial charge in [0, 0.05) is 30.4 Å². The largest absolute Gasteiger partial charge is 0.508 e. The molecule has 112 valence electrons. The van der Waals surface area contributed by atoms with Gasteiger partial charge in [0.15, 0.2) is 0 Å². The summed E-state index contributed by atoms with van der Waals surface area (Å²) in [5.74, 6) is -0.334. The van der Waals surface area contributed by atoms with Gasteiger partial charge in [-0.2, -0.15) is 0 Å². The van der Waals surface area contributed by atoms with Crippen molar-refractivity contribution < 1.29 is 13.9 Å². The summed E-state index contributed by atoms with van der Waals surface area (Å²) in [7, 11) is 0. The number of aromatic nitrogens is 2. The summed E-state index contributed by atoms with van der Waals surface area (Å²) in [6, 6.07) is 10.5. The van der Waals surface area contributed by atoms with Crippen LogP contribution in [0.4, 0.5) is 8.78 Å². The fraction of sp³-hybridized carbons (Fsp3) is 0.118. The lowest BCUT2D eigenvalue weighted by Gasteiger charge is -2.10. The molecule has 1 aromatic heterocycles. The Kier molecular flexibility index (Phi) is 3.87. The van der Waals surface area contributed by atoms with E-state index in [0.717, 1.165) is 11.6 Å². The zero-order chi connectivity index (χ0) is 15.5. The fourth-order valence-electron chi connectivity index (χ4n) is 2.31. The van der Waals surface area contributed by atoms with Gasteiger partial charge in [0.25, 0.3) is 0 Å². The second-order valence-corrected chi connectivity index (χ2v) is 5.01. The first kappa shape index (κ1) is 14.3. The van der Waals surface area contributed by atoms with E-state index < -0.39 is 11.6 Å². The first-order chi connectivity index (χ1) is 10.6. The molecule has 3 nitrogen and oxygen atoms in total. The minimum atomic E-state index is -0.598. The first-order valence-electron chi connectivity index (χ1n) is 6.84. The van der Waals surface area contributed by atoms with Crippen LogP contribution in [0.3, 0.4) is 0 Å². The number of phenolic OH excluding ortho intramolecular Hbond substituents is 1. The van der Waals surface area contributed by atoms with Crippen molar-refractivity contribution in [1.29, 1.82) is 0 Å². The highest BCUT2D eigenvalue weighted by Gasteiger charge is 2.10. The standard InChI is InChI=1S/C17H14F2N2O/c18-14-6-5-12(15(19)10-14)9-17-20-7-8-21(17)11-13-3-1-2-4-16(13)22/h1-8,10,22H,9,11H2. The van der Waals surface area contributed by atoms with E-state index in [2.05, 4.69) is 4.98 Å². The number of phenols is 1. The van der Waals surface area contributed by atoms with Crippen LogP contribution in [0.15, 0.2) is 54.9 Å². The Morgan fingerprint density at radius 3 is 2.64 bits per heavy atom. The topological polar surface area (TPSA) is 38.0 Å². The molecular weight excluding hydrogens is 286 g/mol. The van der Waals surface area contributed by atoms with E-state index in [1.165, 1.54) is 12.1 Å². The fourth-order valence-corrected chi connectivity index (χ4v) is 2.31. The van der Waals surface area contributed by atoms with E-state index in [-0.39, 0.29) is 12.2 Å². The molecule has 3 aromatic rings. The van der Waals surface area contributed by atoms with E-state index in [1.807, 2.05) is 16.7 Å². The predicted molar refractivity (Wildman–Crippen MR) is 78.6 cm³/mol. The smallest absolute Gasteiger partial charge is 0.129 e. The summed E-state index contributed by atoms with van der Waals surface area (Å²) in [5.41, 5.74) is 1.13. The molecule has 0 fully saturated rings. The Morgan fingerprint density at radius 2 is 1.86 bits per heavy atom. The lowest BCUT2D eigenvalue weighted by atomic mass is 10.1. The molecule has 0 atom stereocenters. The van der Waals surface area contributed by atoms with Gasteiger partial charge >= 0.3 is 0 Å². The molecule has 3 rings (SSSR count). The summed E-state index contributed by atoms with van der Waals surface area (Å²) in [5, 5.41) is 9.83. The lowest BCUT2D eigenvalue weighted by Crippen LogP contribution is -2.06. The third-order valence-corrected chi connectivity index (χ3v) is 3.50. The number of imidazole rings is 1. The predicted octanol–water partition coefficient (Wildman–Crippen LogP) is 3.51. The highest BCUT2D eigenvalue weighted by Crippen LogP contribution is 2.19. The molecule has 5 heteroatoms. The molecule has 0 aliphatic rings. The van der Waals surface area contributed by atoms with Crippen LogP contribution in [0.1, 0.15) is 17.0 Å². The van der Waals surface area contributed by atoms with Gasteiger partial charge in [-0.15, -0.1) is 0 Å². The van der Waals surface area contributed by atoms with Crippen LogP contribution in [0.5, 0.6) is 5.75 Å². The van der Waals surface area contributed by atoms with Gasteiger partial charge in [-0.05, 0) is 17.7 Å². The lowest BCUT2D eigenvalue weighted by molar-refractivity contribution is 0.465. The van der Waals surface area contributed by atoms with Crippen molar-refractivity contribution in [3.05, 3.63) is 83.4 Å². The molecule has 0 amide bonds. The monoisotopic (exact) mass is 300 g/mol. The summed E-state index contributed by atoms with van der Waals surface area (Å²) in [6.07, 6.45) is 3.65. The number of para-hydroxylation sites is 1. The van der Waals surface area contributed by atoms with E-state index in [1.54, 1.807) is 24.5 Å². The maximum absolute atomic E-state index is 13.7. The van der Waals surface area contributed by atoms with Crippen molar-refractivity contribution in [3.8, 4) is 5.75 Å². The number of rotatable bonds is 4. The third-order valence-electron chi connectivity index (χ3n) is 3.50. The van der Waals surface area contributed by atoms with Crippen LogP contribution in [-0.2, 0) is 13.0 Å². The number of benzene rings is 2. The molecule has 2 aromatic carbocycles. The minimum Gasteiger partial charge on any atom is -0.508 e. The van der Waals surface area contributed by atoms with Crippen LogP contribution in [0.2, 0.25) is 0 Å². The van der Waals surface area contributed by atoms with Crippen LogP contribution >= 0.6 is 0 Å². The second kappa shape index (κ2) is 5.97. The van der Waals surface area contributed by atoms with Crippen molar-refractivity contribution in [2.24, 2.45) is 0 Å². The Labute approximate surface area is 126 Å². The van der Waals surface area contributed by atoms with Crippen molar-refractivity contribution in [2.75, 3.05) is 0 Å². The van der Waals surface area contributed by atoms with Gasteiger partial charge in [0.1, 0.15) is 23.2 Å². The van der Waals surface area contributed by atoms with Gasteiger partial charge in [0.05, 0.1) is 6.54 Å². The highest BCUT2D eigenvalue weighted by molar-refractivity contribution is 5.32. The highest BCUT2D eigenvalue weighted by atomic mass is 19.1. The number of hydrogen-bond acceptors (Lipinski definition) is 2. The Balaban J connectivity index is 1.85. The molecule has 0 radical (unpaired) electrons.